The van der Waals surface area contributed by atoms with Crippen molar-refractivity contribution in [1.29, 1.82) is 0 Å². The number of aromatic nitrogens is 1. The second-order valence-electron chi connectivity index (χ2n) is 5.66. The van der Waals surface area contributed by atoms with Crippen LogP contribution in [0.1, 0.15) is 10.4 Å². The molecule has 1 amide bonds. The number of carbonyl (C=O) groups excluding carboxylic acids is 1. The molecule has 0 bridgehead atoms. The number of nitrogens with zero attached hydrogens (tertiary/aromatic N) is 3. The van der Waals surface area contributed by atoms with Crippen molar-refractivity contribution in [3.63, 3.8) is 0 Å². The average molecular weight is 327 g/mol. The van der Waals surface area contributed by atoms with Crippen molar-refractivity contribution >= 4 is 5.91 Å². The predicted molar refractivity (Wildman–Crippen MR) is 90.2 cm³/mol. The van der Waals surface area contributed by atoms with Crippen LogP contribution in [-0.2, 0) is 0 Å². The van der Waals surface area contributed by atoms with Crippen molar-refractivity contribution in [3.05, 3.63) is 54.2 Å². The van der Waals surface area contributed by atoms with E-state index in [1.165, 1.54) is 0 Å². The van der Waals surface area contributed by atoms with Crippen LogP contribution in [0.5, 0.6) is 11.6 Å². The van der Waals surface area contributed by atoms with Gasteiger partial charge in [0.15, 0.2) is 0 Å². The summed E-state index contributed by atoms with van der Waals surface area (Å²) in [7, 11) is 0. The van der Waals surface area contributed by atoms with Gasteiger partial charge in [-0.05, 0) is 24.3 Å². The van der Waals surface area contributed by atoms with E-state index in [-0.39, 0.29) is 12.5 Å². The fourth-order valence-electron chi connectivity index (χ4n) is 2.72. The number of rotatable bonds is 5. The van der Waals surface area contributed by atoms with E-state index in [0.717, 1.165) is 13.1 Å². The topological polar surface area (TPSA) is 65.9 Å². The molecular formula is C18H21N3O3. The van der Waals surface area contributed by atoms with Gasteiger partial charge in [0.25, 0.3) is 5.91 Å². The van der Waals surface area contributed by atoms with Gasteiger partial charge in [-0.3, -0.25) is 9.69 Å². The minimum atomic E-state index is 0.00474. The van der Waals surface area contributed by atoms with Gasteiger partial charge in [0, 0.05) is 50.6 Å². The Hall–Kier alpha value is -2.44. The SMILES string of the molecule is O=C(c1cccc(Oc2ccccn2)c1)N1CCN(CCO)CC1. The second kappa shape index (κ2) is 7.90. The van der Waals surface area contributed by atoms with Crippen LogP contribution in [0.4, 0.5) is 0 Å². The van der Waals surface area contributed by atoms with Crippen LogP contribution >= 0.6 is 0 Å². The van der Waals surface area contributed by atoms with E-state index in [0.29, 0.717) is 36.8 Å². The molecule has 2 aromatic rings. The van der Waals surface area contributed by atoms with Gasteiger partial charge in [-0.1, -0.05) is 12.1 Å². The van der Waals surface area contributed by atoms with E-state index in [2.05, 4.69) is 9.88 Å². The molecule has 6 nitrogen and oxygen atoms in total. The van der Waals surface area contributed by atoms with Crippen LogP contribution in [-0.4, -0.2) is 65.1 Å². The van der Waals surface area contributed by atoms with Crippen LogP contribution < -0.4 is 4.74 Å². The zero-order valence-electron chi connectivity index (χ0n) is 13.5. The maximum Gasteiger partial charge on any atom is 0.254 e. The van der Waals surface area contributed by atoms with E-state index in [1.54, 1.807) is 24.4 Å². The average Bonchev–Trinajstić information content (AvgIpc) is 2.63. The lowest BCUT2D eigenvalue weighted by Crippen LogP contribution is -2.49. The third-order valence-electron chi connectivity index (χ3n) is 4.02. The van der Waals surface area contributed by atoms with Crippen LogP contribution in [0.2, 0.25) is 0 Å². The minimum Gasteiger partial charge on any atom is -0.439 e. The molecule has 0 atom stereocenters. The van der Waals surface area contributed by atoms with E-state index < -0.39 is 0 Å². The third-order valence-corrected chi connectivity index (χ3v) is 4.02. The van der Waals surface area contributed by atoms with E-state index in [4.69, 9.17) is 9.84 Å². The Balaban J connectivity index is 1.64. The molecule has 0 unspecified atom stereocenters. The van der Waals surface area contributed by atoms with Gasteiger partial charge in [-0.25, -0.2) is 4.98 Å². The van der Waals surface area contributed by atoms with Crippen LogP contribution in [0.25, 0.3) is 0 Å². The molecular weight excluding hydrogens is 306 g/mol. The lowest BCUT2D eigenvalue weighted by molar-refractivity contribution is 0.0614. The van der Waals surface area contributed by atoms with E-state index in [9.17, 15) is 4.79 Å². The molecule has 1 aromatic carbocycles. The number of hydrogen-bond donors (Lipinski definition) is 1. The number of hydrogen-bond acceptors (Lipinski definition) is 5. The molecule has 0 aliphatic carbocycles. The maximum atomic E-state index is 12.7. The number of benzene rings is 1. The van der Waals surface area contributed by atoms with Gasteiger partial charge in [0.2, 0.25) is 5.88 Å². The zero-order chi connectivity index (χ0) is 16.8. The summed E-state index contributed by atoms with van der Waals surface area (Å²) in [6.45, 7) is 3.73. The molecule has 0 spiro atoms. The Morgan fingerprint density at radius 3 is 2.67 bits per heavy atom. The molecule has 24 heavy (non-hydrogen) atoms. The number of pyridine rings is 1. The van der Waals surface area contributed by atoms with Crippen molar-refractivity contribution in [2.45, 2.75) is 0 Å². The van der Waals surface area contributed by atoms with Crippen LogP contribution in [0.3, 0.4) is 0 Å². The number of β-amino-alcohol motifs (C(OH)–C–C–N with tert-alkyl or cyclic N) is 1. The molecule has 126 valence electrons. The monoisotopic (exact) mass is 327 g/mol. The van der Waals surface area contributed by atoms with Crippen molar-refractivity contribution < 1.29 is 14.6 Å². The molecule has 0 saturated carbocycles. The number of ether oxygens (including phenoxy) is 1. The molecule has 6 heteroatoms. The third kappa shape index (κ3) is 4.10. The summed E-state index contributed by atoms with van der Waals surface area (Å²) in [4.78, 5) is 20.8. The van der Waals surface area contributed by atoms with Crippen molar-refractivity contribution in [2.75, 3.05) is 39.3 Å². The first-order valence-electron chi connectivity index (χ1n) is 8.08. The Morgan fingerprint density at radius 1 is 1.12 bits per heavy atom. The first kappa shape index (κ1) is 16.4. The van der Waals surface area contributed by atoms with Crippen LogP contribution in [0.15, 0.2) is 48.7 Å². The summed E-state index contributed by atoms with van der Waals surface area (Å²) in [6.07, 6.45) is 1.66. The van der Waals surface area contributed by atoms with Gasteiger partial charge in [0.05, 0.1) is 6.61 Å². The Kier molecular flexibility index (Phi) is 5.40. The first-order chi connectivity index (χ1) is 11.8. The lowest BCUT2D eigenvalue weighted by atomic mass is 10.1. The molecule has 1 aromatic heterocycles. The van der Waals surface area contributed by atoms with Crippen molar-refractivity contribution in [2.24, 2.45) is 0 Å². The number of aliphatic hydroxyl groups is 1. The summed E-state index contributed by atoms with van der Waals surface area (Å²) < 4.78 is 5.69. The molecule has 1 fully saturated rings. The van der Waals surface area contributed by atoms with Gasteiger partial charge in [-0.15, -0.1) is 0 Å². The predicted octanol–water partition coefficient (Wildman–Crippen LogP) is 1.62. The summed E-state index contributed by atoms with van der Waals surface area (Å²) in [5.41, 5.74) is 0.610. The molecule has 2 heterocycles. The van der Waals surface area contributed by atoms with Crippen molar-refractivity contribution in [1.82, 2.24) is 14.8 Å². The highest BCUT2D eigenvalue weighted by Crippen LogP contribution is 2.21. The summed E-state index contributed by atoms with van der Waals surface area (Å²) in [5, 5.41) is 8.98. The molecule has 1 aliphatic rings. The highest BCUT2D eigenvalue weighted by atomic mass is 16.5. The molecule has 3 rings (SSSR count). The number of carbonyl (C=O) groups is 1. The quantitative estimate of drug-likeness (QED) is 0.904. The second-order valence-corrected chi connectivity index (χ2v) is 5.66. The number of aliphatic hydroxyl groups excluding tert-OH is 1. The normalized spacial score (nSPS) is 15.3. The summed E-state index contributed by atoms with van der Waals surface area (Å²) in [6, 6.07) is 12.6. The smallest absolute Gasteiger partial charge is 0.254 e. The molecule has 1 aliphatic heterocycles. The van der Waals surface area contributed by atoms with Gasteiger partial charge in [-0.2, -0.15) is 0 Å². The summed E-state index contributed by atoms with van der Waals surface area (Å²) >= 11 is 0. The standard InChI is InChI=1S/C18H21N3O3/c22-13-12-20-8-10-21(11-9-20)18(23)15-4-3-5-16(14-15)24-17-6-1-2-7-19-17/h1-7,14,22H,8-13H2. The Labute approximate surface area is 141 Å². The fourth-order valence-corrected chi connectivity index (χ4v) is 2.72. The zero-order valence-corrected chi connectivity index (χ0v) is 13.5. The maximum absolute atomic E-state index is 12.7. The number of piperazine rings is 1. The van der Waals surface area contributed by atoms with Crippen LogP contribution in [0, 0.1) is 0 Å². The molecule has 1 saturated heterocycles. The van der Waals surface area contributed by atoms with E-state index >= 15 is 0 Å². The Bertz CT molecular complexity index is 670. The molecule has 1 N–H and O–H groups in total. The largest absolute Gasteiger partial charge is 0.439 e. The highest BCUT2D eigenvalue weighted by molar-refractivity contribution is 5.94. The van der Waals surface area contributed by atoms with Gasteiger partial charge >= 0.3 is 0 Å². The summed E-state index contributed by atoms with van der Waals surface area (Å²) in [5.74, 6) is 1.10. The minimum absolute atomic E-state index is 0.00474. The number of amides is 1. The first-order valence-corrected chi connectivity index (χ1v) is 8.08. The molecule has 0 radical (unpaired) electrons. The fraction of sp³-hybridized carbons (Fsp3) is 0.333. The lowest BCUT2D eigenvalue weighted by Gasteiger charge is -2.34. The highest BCUT2D eigenvalue weighted by Gasteiger charge is 2.22. The van der Waals surface area contributed by atoms with Gasteiger partial charge in [0.1, 0.15) is 5.75 Å². The van der Waals surface area contributed by atoms with E-state index in [1.807, 2.05) is 29.2 Å². The van der Waals surface area contributed by atoms with Gasteiger partial charge < -0.3 is 14.7 Å². The Morgan fingerprint density at radius 2 is 1.96 bits per heavy atom. The van der Waals surface area contributed by atoms with Crippen molar-refractivity contribution in [3.8, 4) is 11.6 Å².